The maximum absolute atomic E-state index is 12.8. The van der Waals surface area contributed by atoms with E-state index in [0.29, 0.717) is 36.7 Å². The number of thiazole rings is 1. The zero-order chi connectivity index (χ0) is 24.1. The third-order valence-electron chi connectivity index (χ3n) is 5.72. The number of carbonyl (C=O) groups is 1. The molecule has 0 spiro atoms. The second-order valence-corrected chi connectivity index (χ2v) is 11.3. The van der Waals surface area contributed by atoms with Crippen molar-refractivity contribution in [3.63, 3.8) is 0 Å². The first-order chi connectivity index (χ1) is 16.4. The molecule has 10 heteroatoms. The molecule has 0 saturated carbocycles. The van der Waals surface area contributed by atoms with Crippen LogP contribution in [-0.2, 0) is 16.6 Å². The highest BCUT2D eigenvalue weighted by atomic mass is 32.2. The Kier molecular flexibility index (Phi) is 7.70. The van der Waals surface area contributed by atoms with Crippen LogP contribution in [0, 0.1) is 0 Å². The molecule has 0 aliphatic carbocycles. The Hall–Kier alpha value is -2.69. The van der Waals surface area contributed by atoms with Crippen LogP contribution >= 0.6 is 11.3 Å². The van der Waals surface area contributed by atoms with Crippen LogP contribution in [0.5, 0.6) is 5.75 Å². The van der Waals surface area contributed by atoms with Crippen LogP contribution in [0.1, 0.15) is 35.6 Å². The van der Waals surface area contributed by atoms with Crippen molar-refractivity contribution in [3.05, 3.63) is 53.0 Å². The molecule has 2 heterocycles. The van der Waals surface area contributed by atoms with Gasteiger partial charge in [0.15, 0.2) is 0 Å². The Balaban J connectivity index is 1.48. The fourth-order valence-electron chi connectivity index (χ4n) is 3.87. The van der Waals surface area contributed by atoms with E-state index in [1.807, 2.05) is 31.2 Å². The van der Waals surface area contributed by atoms with E-state index < -0.39 is 15.9 Å². The number of para-hydroxylation sites is 1. The molecule has 0 unspecified atom stereocenters. The minimum atomic E-state index is -3.66. The number of aromatic nitrogens is 1. The lowest BCUT2D eigenvalue weighted by molar-refractivity contribution is 0.0981. The number of benzene rings is 2. The lowest BCUT2D eigenvalue weighted by Crippen LogP contribution is -2.46. The van der Waals surface area contributed by atoms with Gasteiger partial charge in [-0.2, -0.15) is 0 Å². The third-order valence-corrected chi connectivity index (χ3v) is 8.00. The van der Waals surface area contributed by atoms with Crippen LogP contribution in [0.4, 0.5) is 5.69 Å². The number of nitrogens with zero attached hydrogens (tertiary/aromatic N) is 3. The summed E-state index contributed by atoms with van der Waals surface area (Å²) < 4.78 is 33.1. The number of rotatable bonds is 9. The second kappa shape index (κ2) is 10.7. The van der Waals surface area contributed by atoms with E-state index in [9.17, 15) is 13.2 Å². The smallest absolute Gasteiger partial charge is 0.266 e. The summed E-state index contributed by atoms with van der Waals surface area (Å²) in [5.41, 5.74) is 2.06. The van der Waals surface area contributed by atoms with Gasteiger partial charge in [0.25, 0.3) is 5.91 Å². The molecule has 1 fully saturated rings. The summed E-state index contributed by atoms with van der Waals surface area (Å²) in [6.45, 7) is 7.94. The highest BCUT2D eigenvalue weighted by molar-refractivity contribution is 7.90. The van der Waals surface area contributed by atoms with Crippen LogP contribution in [0.2, 0.25) is 0 Å². The number of anilines is 1. The van der Waals surface area contributed by atoms with Crippen molar-refractivity contribution in [1.29, 1.82) is 0 Å². The predicted octanol–water partition coefficient (Wildman–Crippen LogP) is 3.49. The number of sulfonamides is 1. The number of hydrogen-bond acceptors (Lipinski definition) is 8. The molecule has 2 aromatic carbocycles. The first-order valence-corrected chi connectivity index (χ1v) is 14.0. The third kappa shape index (κ3) is 5.86. The topological polar surface area (TPSA) is 91.8 Å². The summed E-state index contributed by atoms with van der Waals surface area (Å²) in [5.74, 6) is -0.101. The summed E-state index contributed by atoms with van der Waals surface area (Å²) >= 11 is 1.72. The van der Waals surface area contributed by atoms with Crippen molar-refractivity contribution >= 4 is 43.2 Å². The van der Waals surface area contributed by atoms with E-state index in [0.717, 1.165) is 36.6 Å². The van der Waals surface area contributed by atoms with Crippen molar-refractivity contribution < 1.29 is 17.9 Å². The van der Waals surface area contributed by atoms with Crippen molar-refractivity contribution in [2.45, 2.75) is 26.8 Å². The first-order valence-electron chi connectivity index (χ1n) is 11.5. The Bertz CT molecular complexity index is 1220. The number of hydrogen-bond donors (Lipinski definition) is 1. The van der Waals surface area contributed by atoms with E-state index in [-0.39, 0.29) is 5.75 Å². The zero-order valence-corrected chi connectivity index (χ0v) is 21.1. The van der Waals surface area contributed by atoms with Gasteiger partial charge in [0.05, 0.1) is 40.4 Å². The monoisotopic (exact) mass is 502 g/mol. The van der Waals surface area contributed by atoms with E-state index in [1.165, 1.54) is 11.6 Å². The van der Waals surface area contributed by atoms with E-state index in [4.69, 9.17) is 9.72 Å². The quantitative estimate of drug-likeness (QED) is 0.479. The van der Waals surface area contributed by atoms with Crippen LogP contribution in [0.3, 0.4) is 0 Å². The van der Waals surface area contributed by atoms with E-state index >= 15 is 0 Å². The normalized spacial score (nSPS) is 14.9. The minimum Gasteiger partial charge on any atom is -0.494 e. The van der Waals surface area contributed by atoms with E-state index in [2.05, 4.69) is 20.6 Å². The number of fused-ring (bicyclic) bond motifs is 1. The van der Waals surface area contributed by atoms with Gasteiger partial charge in [-0.05, 0) is 37.6 Å². The molecular weight excluding hydrogens is 472 g/mol. The summed E-state index contributed by atoms with van der Waals surface area (Å²) in [7, 11) is -3.66. The van der Waals surface area contributed by atoms with Crippen molar-refractivity contribution in [2.75, 3.05) is 43.4 Å². The number of amides is 1. The molecule has 1 aromatic heterocycles. The molecule has 4 rings (SSSR count). The molecule has 182 valence electrons. The highest BCUT2D eigenvalue weighted by Gasteiger charge is 2.24. The maximum atomic E-state index is 12.8. The summed E-state index contributed by atoms with van der Waals surface area (Å²) in [6.07, 6.45) is 0.872. The molecular formula is C24H30N4O4S2. The summed E-state index contributed by atoms with van der Waals surface area (Å²) in [5, 5.41) is 1.09. The Morgan fingerprint density at radius 2 is 1.88 bits per heavy atom. The van der Waals surface area contributed by atoms with E-state index in [1.54, 1.807) is 23.5 Å². The molecule has 3 aromatic rings. The van der Waals surface area contributed by atoms with Gasteiger partial charge in [-0.15, -0.1) is 11.3 Å². The molecule has 1 N–H and O–H groups in total. The minimum absolute atomic E-state index is 0.157. The standard InChI is InChI=1S/C24H30N4O4S2/c1-3-15-32-18-9-10-19(24(29)26-34(30,31)4-2)21(16-18)28-13-11-27(12-14-28)17-23-25-20-7-5-6-8-22(20)33-23/h5-10,16H,3-4,11-15,17H2,1-2H3,(H,26,29). The predicted molar refractivity (Wildman–Crippen MR) is 136 cm³/mol. The first kappa shape index (κ1) is 24.4. The molecule has 1 saturated heterocycles. The highest BCUT2D eigenvalue weighted by Crippen LogP contribution is 2.29. The van der Waals surface area contributed by atoms with Gasteiger partial charge in [-0.25, -0.2) is 18.1 Å². The molecule has 0 bridgehead atoms. The largest absolute Gasteiger partial charge is 0.494 e. The molecule has 34 heavy (non-hydrogen) atoms. The molecule has 1 amide bonds. The summed E-state index contributed by atoms with van der Waals surface area (Å²) in [6, 6.07) is 13.4. The Morgan fingerprint density at radius 1 is 1.12 bits per heavy atom. The maximum Gasteiger partial charge on any atom is 0.266 e. The van der Waals surface area contributed by atoms with Crippen molar-refractivity contribution in [1.82, 2.24) is 14.6 Å². The molecule has 1 aliphatic rings. The van der Waals surface area contributed by atoms with Crippen molar-refractivity contribution in [3.8, 4) is 5.75 Å². The fourth-order valence-corrected chi connectivity index (χ4v) is 5.42. The average molecular weight is 503 g/mol. The lowest BCUT2D eigenvalue weighted by Gasteiger charge is -2.36. The van der Waals surface area contributed by atoms with Gasteiger partial charge >= 0.3 is 0 Å². The number of carbonyl (C=O) groups excluding carboxylic acids is 1. The summed E-state index contributed by atoms with van der Waals surface area (Å²) in [4.78, 5) is 22.0. The number of piperazine rings is 1. The Labute approximate surface area is 204 Å². The fraction of sp³-hybridized carbons (Fsp3) is 0.417. The molecule has 0 atom stereocenters. The molecule has 8 nitrogen and oxygen atoms in total. The van der Waals surface area contributed by atoms with Crippen LogP contribution in [-0.4, -0.2) is 62.7 Å². The Morgan fingerprint density at radius 3 is 2.59 bits per heavy atom. The van der Waals surface area contributed by atoms with Gasteiger partial charge in [-0.3, -0.25) is 9.69 Å². The van der Waals surface area contributed by atoms with Gasteiger partial charge < -0.3 is 9.64 Å². The average Bonchev–Trinajstić information content (AvgIpc) is 3.25. The van der Waals surface area contributed by atoms with Crippen molar-refractivity contribution in [2.24, 2.45) is 0 Å². The number of ether oxygens (including phenoxy) is 1. The van der Waals surface area contributed by atoms with Gasteiger partial charge in [0.2, 0.25) is 10.0 Å². The van der Waals surface area contributed by atoms with Gasteiger partial charge in [0, 0.05) is 32.2 Å². The van der Waals surface area contributed by atoms with Crippen LogP contribution in [0.25, 0.3) is 10.2 Å². The number of nitrogens with one attached hydrogen (secondary N) is 1. The molecule has 1 aliphatic heterocycles. The zero-order valence-electron chi connectivity index (χ0n) is 19.5. The van der Waals surface area contributed by atoms with Gasteiger partial charge in [0.1, 0.15) is 10.8 Å². The second-order valence-electron chi connectivity index (χ2n) is 8.20. The van der Waals surface area contributed by atoms with Gasteiger partial charge in [-0.1, -0.05) is 19.1 Å². The van der Waals surface area contributed by atoms with Crippen LogP contribution in [0.15, 0.2) is 42.5 Å². The lowest BCUT2D eigenvalue weighted by atomic mass is 10.1. The SMILES string of the molecule is CCCOc1ccc(C(=O)NS(=O)(=O)CC)c(N2CCN(Cc3nc4ccccc4s3)CC2)c1. The molecule has 0 radical (unpaired) electrons. The van der Waals surface area contributed by atoms with Crippen LogP contribution < -0.4 is 14.4 Å².